The molecule has 0 fully saturated rings. The number of aryl methyl sites for hydroxylation is 2. The molecule has 6 heteroatoms. The minimum Gasteiger partial charge on any atom is -0.492 e. The Morgan fingerprint density at radius 3 is 2.38 bits per heavy atom. The van der Waals surface area contributed by atoms with Crippen LogP contribution in [0.4, 0.5) is 5.69 Å². The van der Waals surface area contributed by atoms with Crippen LogP contribution in [-0.2, 0) is 9.53 Å². The van der Waals surface area contributed by atoms with Crippen LogP contribution < -0.4 is 10.1 Å². The van der Waals surface area contributed by atoms with Crippen LogP contribution in [0.2, 0.25) is 0 Å². The lowest BCUT2D eigenvalue weighted by Crippen LogP contribution is -2.26. The molecule has 0 aliphatic heterocycles. The van der Waals surface area contributed by atoms with E-state index in [4.69, 9.17) is 9.47 Å². The molecule has 3 rings (SSSR count). The summed E-state index contributed by atoms with van der Waals surface area (Å²) >= 11 is 1.52. The number of amides is 1. The molecule has 0 radical (unpaired) electrons. The quantitative estimate of drug-likeness (QED) is 0.538. The van der Waals surface area contributed by atoms with Crippen LogP contribution in [0, 0.1) is 13.8 Å². The maximum Gasteiger partial charge on any atom is 0.340 e. The molecule has 0 aliphatic carbocycles. The summed E-state index contributed by atoms with van der Waals surface area (Å²) < 4.78 is 11.2. The number of nitrogens with one attached hydrogen (secondary N) is 1. The van der Waals surface area contributed by atoms with E-state index in [0.717, 1.165) is 9.75 Å². The van der Waals surface area contributed by atoms with E-state index in [0.29, 0.717) is 29.2 Å². The molecule has 0 saturated heterocycles. The highest BCUT2D eigenvalue weighted by atomic mass is 32.1. The third kappa shape index (κ3) is 5.03. The number of hydrogen-bond acceptors (Lipinski definition) is 5. The Hall–Kier alpha value is -3.12. The van der Waals surface area contributed by atoms with Gasteiger partial charge in [-0.3, -0.25) is 4.79 Å². The average Bonchev–Trinajstić information content (AvgIpc) is 3.06. The predicted octanol–water partition coefficient (Wildman–Crippen LogP) is 5.30. The van der Waals surface area contributed by atoms with Crippen LogP contribution in [-0.4, -0.2) is 18.5 Å². The minimum absolute atomic E-state index is 0.443. The lowest BCUT2D eigenvalue weighted by molar-refractivity contribution is -0.125. The largest absolute Gasteiger partial charge is 0.492 e. The molecule has 1 N–H and O–H groups in total. The topological polar surface area (TPSA) is 64.6 Å². The molecule has 29 heavy (non-hydrogen) atoms. The lowest BCUT2D eigenvalue weighted by Gasteiger charge is -2.19. The van der Waals surface area contributed by atoms with Gasteiger partial charge in [0.2, 0.25) is 6.10 Å². The Kier molecular flexibility index (Phi) is 6.67. The lowest BCUT2D eigenvalue weighted by atomic mass is 10.1. The first-order valence-corrected chi connectivity index (χ1v) is 10.2. The van der Waals surface area contributed by atoms with Crippen molar-refractivity contribution >= 4 is 28.9 Å². The summed E-state index contributed by atoms with van der Waals surface area (Å²) in [5.41, 5.74) is 1.60. The summed E-state index contributed by atoms with van der Waals surface area (Å²) in [6.07, 6.45) is -1.09. The summed E-state index contributed by atoms with van der Waals surface area (Å²) in [7, 11) is 0. The zero-order chi connectivity index (χ0) is 20.8. The molecule has 1 heterocycles. The molecular weight excluding hydrogens is 386 g/mol. The molecule has 5 nitrogen and oxygen atoms in total. The van der Waals surface area contributed by atoms with Gasteiger partial charge >= 0.3 is 5.97 Å². The van der Waals surface area contributed by atoms with Crippen LogP contribution in [0.15, 0.2) is 60.7 Å². The second-order valence-corrected chi connectivity index (χ2v) is 7.90. The second kappa shape index (κ2) is 9.39. The number of thiophene rings is 1. The number of ether oxygens (including phenoxy) is 2. The van der Waals surface area contributed by atoms with Gasteiger partial charge in [0.15, 0.2) is 0 Å². The zero-order valence-corrected chi connectivity index (χ0v) is 17.4. The average molecular weight is 410 g/mol. The number of para-hydroxylation sites is 2. The van der Waals surface area contributed by atoms with Crippen molar-refractivity contribution in [2.75, 3.05) is 11.9 Å². The van der Waals surface area contributed by atoms with Crippen molar-refractivity contribution in [2.24, 2.45) is 0 Å². The highest BCUT2D eigenvalue weighted by Gasteiger charge is 2.27. The van der Waals surface area contributed by atoms with Gasteiger partial charge in [-0.25, -0.2) is 4.79 Å². The van der Waals surface area contributed by atoms with Crippen LogP contribution in [0.3, 0.4) is 0 Å². The Bertz CT molecular complexity index is 997. The normalized spacial score (nSPS) is 11.6. The fourth-order valence-electron chi connectivity index (χ4n) is 2.95. The SMILES string of the molecule is CCOc1ccccc1NC(=O)[C@@H](OC(=O)c1cc(C)sc1C)c1ccccc1. The highest BCUT2D eigenvalue weighted by Crippen LogP contribution is 2.28. The van der Waals surface area contributed by atoms with Crippen molar-refractivity contribution < 1.29 is 19.1 Å². The van der Waals surface area contributed by atoms with Crippen molar-refractivity contribution in [1.82, 2.24) is 0 Å². The van der Waals surface area contributed by atoms with E-state index in [1.165, 1.54) is 11.3 Å². The fourth-order valence-corrected chi connectivity index (χ4v) is 3.87. The summed E-state index contributed by atoms with van der Waals surface area (Å²) in [6.45, 7) is 6.14. The van der Waals surface area contributed by atoms with E-state index in [2.05, 4.69) is 5.32 Å². The van der Waals surface area contributed by atoms with E-state index in [1.807, 2.05) is 32.9 Å². The van der Waals surface area contributed by atoms with Crippen molar-refractivity contribution in [1.29, 1.82) is 0 Å². The van der Waals surface area contributed by atoms with E-state index in [9.17, 15) is 9.59 Å². The molecule has 0 saturated carbocycles. The van der Waals surface area contributed by atoms with E-state index in [-0.39, 0.29) is 0 Å². The molecular formula is C23H23NO4S. The molecule has 0 unspecified atom stereocenters. The zero-order valence-electron chi connectivity index (χ0n) is 16.6. The van der Waals surface area contributed by atoms with Gasteiger partial charge in [0.25, 0.3) is 5.91 Å². The van der Waals surface area contributed by atoms with Crippen molar-refractivity contribution in [3.05, 3.63) is 81.5 Å². The minimum atomic E-state index is -1.09. The Balaban J connectivity index is 1.87. The highest BCUT2D eigenvalue weighted by molar-refractivity contribution is 7.12. The first kappa shape index (κ1) is 20.6. The molecule has 0 aliphatic rings. The molecule has 1 aromatic heterocycles. The molecule has 0 spiro atoms. The first-order valence-electron chi connectivity index (χ1n) is 9.35. The number of hydrogen-bond donors (Lipinski definition) is 1. The monoisotopic (exact) mass is 409 g/mol. The number of carbonyl (C=O) groups is 2. The van der Waals surface area contributed by atoms with E-state index in [1.54, 1.807) is 48.5 Å². The van der Waals surface area contributed by atoms with Crippen LogP contribution >= 0.6 is 11.3 Å². The molecule has 150 valence electrons. The van der Waals surface area contributed by atoms with Gasteiger partial charge in [-0.1, -0.05) is 42.5 Å². The molecule has 0 bridgehead atoms. The van der Waals surface area contributed by atoms with Crippen molar-refractivity contribution in [2.45, 2.75) is 26.9 Å². The van der Waals surface area contributed by atoms with Crippen LogP contribution in [0.5, 0.6) is 5.75 Å². The maximum absolute atomic E-state index is 13.1. The molecule has 3 aromatic rings. The van der Waals surface area contributed by atoms with Crippen LogP contribution in [0.25, 0.3) is 0 Å². The molecule has 1 atom stereocenters. The first-order chi connectivity index (χ1) is 14.0. The summed E-state index contributed by atoms with van der Waals surface area (Å²) in [6, 6.07) is 17.9. The van der Waals surface area contributed by atoms with Crippen LogP contribution in [0.1, 0.15) is 38.7 Å². The van der Waals surface area contributed by atoms with E-state index >= 15 is 0 Å². The molecule has 2 aromatic carbocycles. The summed E-state index contributed by atoms with van der Waals surface area (Å²) in [5.74, 6) is -0.402. The third-order valence-corrected chi connectivity index (χ3v) is 5.24. The van der Waals surface area contributed by atoms with Gasteiger partial charge in [0.05, 0.1) is 17.9 Å². The Morgan fingerprint density at radius 2 is 1.72 bits per heavy atom. The Labute approximate surface area is 174 Å². The number of benzene rings is 2. The summed E-state index contributed by atoms with van der Waals surface area (Å²) in [4.78, 5) is 27.7. The Morgan fingerprint density at radius 1 is 1.03 bits per heavy atom. The van der Waals surface area contributed by atoms with Gasteiger partial charge < -0.3 is 14.8 Å². The van der Waals surface area contributed by atoms with Gasteiger partial charge in [0, 0.05) is 15.3 Å². The standard InChI is InChI=1S/C23H23NO4S/c1-4-27-20-13-9-8-12-19(20)24-22(25)21(17-10-6-5-7-11-17)28-23(26)18-14-15(2)29-16(18)3/h5-14,21H,4H2,1-3H3,(H,24,25)/t21-/m0/s1. The van der Waals surface area contributed by atoms with Gasteiger partial charge in [-0.15, -0.1) is 11.3 Å². The maximum atomic E-state index is 13.1. The van der Waals surface area contributed by atoms with Gasteiger partial charge in [-0.05, 0) is 39.0 Å². The van der Waals surface area contributed by atoms with Crippen molar-refractivity contribution in [3.63, 3.8) is 0 Å². The molecule has 1 amide bonds. The number of esters is 1. The third-order valence-electron chi connectivity index (χ3n) is 4.27. The smallest absolute Gasteiger partial charge is 0.340 e. The fraction of sp³-hybridized carbons (Fsp3) is 0.217. The number of carbonyl (C=O) groups excluding carboxylic acids is 2. The predicted molar refractivity (Wildman–Crippen MR) is 115 cm³/mol. The van der Waals surface area contributed by atoms with Gasteiger partial charge in [-0.2, -0.15) is 0 Å². The number of anilines is 1. The number of rotatable bonds is 7. The second-order valence-electron chi connectivity index (χ2n) is 6.44. The van der Waals surface area contributed by atoms with Gasteiger partial charge in [0.1, 0.15) is 5.75 Å². The van der Waals surface area contributed by atoms with Crippen molar-refractivity contribution in [3.8, 4) is 5.75 Å². The summed E-state index contributed by atoms with van der Waals surface area (Å²) in [5, 5.41) is 2.83. The van der Waals surface area contributed by atoms with E-state index < -0.39 is 18.0 Å².